The number of nitrogens with zero attached hydrogens (tertiary/aromatic N) is 5. The molecule has 4 aromatic rings. The number of likely N-dealkylation sites (tertiary alicyclic amines) is 1. The highest BCUT2D eigenvalue weighted by atomic mass is 19.1. The zero-order chi connectivity index (χ0) is 22.1. The molecule has 0 atom stereocenters. The van der Waals surface area contributed by atoms with Crippen LogP contribution in [0.25, 0.3) is 27.7 Å². The van der Waals surface area contributed by atoms with Crippen LogP contribution in [0.1, 0.15) is 18.4 Å². The fourth-order valence-electron chi connectivity index (χ4n) is 4.37. The van der Waals surface area contributed by atoms with E-state index in [1.807, 2.05) is 35.1 Å². The molecule has 6 nitrogen and oxygen atoms in total. The largest absolute Gasteiger partial charge is 0.301 e. The van der Waals surface area contributed by atoms with Gasteiger partial charge in [-0.25, -0.2) is 4.39 Å². The smallest absolute Gasteiger partial charge is 0.255 e. The molecular formula is C25H22FN5O. The molecule has 7 heteroatoms. The van der Waals surface area contributed by atoms with Gasteiger partial charge in [0.2, 0.25) is 0 Å². The van der Waals surface area contributed by atoms with E-state index in [0.29, 0.717) is 11.1 Å². The molecule has 5 rings (SSSR count). The predicted molar refractivity (Wildman–Crippen MR) is 121 cm³/mol. The normalized spacial score (nSPS) is 14.1. The molecule has 3 heterocycles. The lowest BCUT2D eigenvalue weighted by Crippen LogP contribution is -2.24. The lowest BCUT2D eigenvalue weighted by Gasteiger charge is -2.14. The monoisotopic (exact) mass is 427 g/mol. The summed E-state index contributed by atoms with van der Waals surface area (Å²) >= 11 is 0. The first kappa shape index (κ1) is 20.2. The molecule has 0 spiro atoms. The summed E-state index contributed by atoms with van der Waals surface area (Å²) in [6.07, 6.45) is 6.06. The highest BCUT2D eigenvalue weighted by Crippen LogP contribution is 2.24. The summed E-state index contributed by atoms with van der Waals surface area (Å²) in [6, 6.07) is 15.1. The van der Waals surface area contributed by atoms with Gasteiger partial charge in [-0.15, -0.1) is 0 Å². The van der Waals surface area contributed by atoms with Crippen LogP contribution in [0.4, 0.5) is 4.39 Å². The minimum atomic E-state index is -0.479. The SMILES string of the molecule is N#Cc1cc(F)ccc1-c1ccn(-c2ccc3c(cnn3CCN3CCCC3)c2)c(=O)c1. The third-order valence-corrected chi connectivity index (χ3v) is 6.06. The first-order valence-corrected chi connectivity index (χ1v) is 10.7. The lowest BCUT2D eigenvalue weighted by atomic mass is 10.0. The van der Waals surface area contributed by atoms with Gasteiger partial charge in [0.1, 0.15) is 5.82 Å². The maximum absolute atomic E-state index is 13.4. The maximum Gasteiger partial charge on any atom is 0.255 e. The molecule has 0 N–H and O–H groups in total. The topological polar surface area (TPSA) is 66.8 Å². The number of aromatic nitrogens is 3. The Morgan fingerprint density at radius 3 is 2.66 bits per heavy atom. The third-order valence-electron chi connectivity index (χ3n) is 6.06. The van der Waals surface area contributed by atoms with E-state index >= 15 is 0 Å². The van der Waals surface area contributed by atoms with Crippen molar-refractivity contribution in [2.24, 2.45) is 0 Å². The van der Waals surface area contributed by atoms with Crippen molar-refractivity contribution in [1.29, 1.82) is 5.26 Å². The third kappa shape index (κ3) is 3.81. The summed E-state index contributed by atoms with van der Waals surface area (Å²) in [7, 11) is 0. The molecule has 0 unspecified atom stereocenters. The van der Waals surface area contributed by atoms with Gasteiger partial charge in [0.25, 0.3) is 5.56 Å². The van der Waals surface area contributed by atoms with E-state index < -0.39 is 5.82 Å². The Labute approximate surface area is 184 Å². The zero-order valence-electron chi connectivity index (χ0n) is 17.5. The summed E-state index contributed by atoms with van der Waals surface area (Å²) in [5.41, 5.74) is 2.88. The number of hydrogen-bond acceptors (Lipinski definition) is 4. The molecule has 1 saturated heterocycles. The molecule has 0 amide bonds. The van der Waals surface area contributed by atoms with E-state index in [9.17, 15) is 14.4 Å². The van der Waals surface area contributed by atoms with E-state index in [1.165, 1.54) is 37.1 Å². The number of nitriles is 1. The molecule has 2 aromatic heterocycles. The average Bonchev–Trinajstić information content (AvgIpc) is 3.47. The fraction of sp³-hybridized carbons (Fsp3) is 0.240. The summed E-state index contributed by atoms with van der Waals surface area (Å²) in [6.45, 7) is 4.16. The molecule has 160 valence electrons. The second kappa shape index (κ2) is 8.40. The Morgan fingerprint density at radius 2 is 1.88 bits per heavy atom. The van der Waals surface area contributed by atoms with Crippen molar-refractivity contribution in [1.82, 2.24) is 19.2 Å². The number of benzene rings is 2. The average molecular weight is 427 g/mol. The number of halogens is 1. The molecule has 32 heavy (non-hydrogen) atoms. The Kier molecular flexibility index (Phi) is 5.29. The molecule has 0 saturated carbocycles. The van der Waals surface area contributed by atoms with Crippen LogP contribution in [-0.2, 0) is 6.54 Å². The summed E-state index contributed by atoms with van der Waals surface area (Å²) < 4.78 is 17.0. The Bertz CT molecular complexity index is 1390. The molecule has 2 aromatic carbocycles. The van der Waals surface area contributed by atoms with Gasteiger partial charge in [0.15, 0.2) is 0 Å². The fourth-order valence-corrected chi connectivity index (χ4v) is 4.37. The Morgan fingerprint density at radius 1 is 1.03 bits per heavy atom. The highest BCUT2D eigenvalue weighted by molar-refractivity contribution is 5.81. The lowest BCUT2D eigenvalue weighted by molar-refractivity contribution is 0.318. The first-order valence-electron chi connectivity index (χ1n) is 10.7. The van der Waals surface area contributed by atoms with E-state index in [1.54, 1.807) is 16.8 Å². The highest BCUT2D eigenvalue weighted by Gasteiger charge is 2.13. The second-order valence-corrected chi connectivity index (χ2v) is 8.08. The van der Waals surface area contributed by atoms with Gasteiger partial charge in [0, 0.05) is 29.9 Å². The van der Waals surface area contributed by atoms with Gasteiger partial charge in [-0.3, -0.25) is 14.0 Å². The summed E-state index contributed by atoms with van der Waals surface area (Å²) in [5.74, 6) is -0.479. The van der Waals surface area contributed by atoms with Crippen molar-refractivity contribution < 1.29 is 4.39 Å². The molecule has 1 aliphatic heterocycles. The molecular weight excluding hydrogens is 405 g/mol. The minimum absolute atomic E-state index is 0.199. The zero-order valence-corrected chi connectivity index (χ0v) is 17.5. The predicted octanol–water partition coefficient (Wildman–Crippen LogP) is 3.96. The van der Waals surface area contributed by atoms with Crippen LogP contribution < -0.4 is 5.56 Å². The van der Waals surface area contributed by atoms with Gasteiger partial charge < -0.3 is 4.90 Å². The van der Waals surface area contributed by atoms with Crippen LogP contribution >= 0.6 is 0 Å². The van der Waals surface area contributed by atoms with Crippen LogP contribution in [0, 0.1) is 17.1 Å². The number of pyridine rings is 1. The van der Waals surface area contributed by atoms with Crippen LogP contribution in [0.3, 0.4) is 0 Å². The van der Waals surface area contributed by atoms with Gasteiger partial charge in [0.05, 0.1) is 29.9 Å². The van der Waals surface area contributed by atoms with Crippen LogP contribution in [0.2, 0.25) is 0 Å². The molecule has 0 aliphatic carbocycles. The number of hydrogen-bond donors (Lipinski definition) is 0. The Balaban J connectivity index is 1.43. The maximum atomic E-state index is 13.4. The number of rotatable bonds is 5. The molecule has 1 aliphatic rings. The summed E-state index contributed by atoms with van der Waals surface area (Å²) in [4.78, 5) is 15.3. The van der Waals surface area contributed by atoms with Gasteiger partial charge in [-0.1, -0.05) is 6.07 Å². The van der Waals surface area contributed by atoms with Crippen molar-refractivity contribution in [2.75, 3.05) is 19.6 Å². The standard InChI is InChI=1S/C25H22FN5O/c26-21-3-5-23(19(13-21)16-27)18-7-10-30(25(32)15-18)22-4-6-24-20(14-22)17-28-31(24)12-11-29-8-1-2-9-29/h3-7,10,13-15,17H,1-2,8-9,11-12H2. The minimum Gasteiger partial charge on any atom is -0.301 e. The van der Waals surface area contributed by atoms with E-state index in [0.717, 1.165) is 42.8 Å². The van der Waals surface area contributed by atoms with Crippen molar-refractivity contribution in [3.8, 4) is 22.9 Å². The van der Waals surface area contributed by atoms with Gasteiger partial charge in [-0.05, 0) is 73.5 Å². The van der Waals surface area contributed by atoms with Crippen molar-refractivity contribution in [3.63, 3.8) is 0 Å². The second-order valence-electron chi connectivity index (χ2n) is 8.08. The molecule has 1 fully saturated rings. The Hall–Kier alpha value is -3.76. The first-order chi connectivity index (χ1) is 15.6. The van der Waals surface area contributed by atoms with Crippen LogP contribution in [0.15, 0.2) is 65.7 Å². The van der Waals surface area contributed by atoms with E-state index in [-0.39, 0.29) is 11.1 Å². The summed E-state index contributed by atoms with van der Waals surface area (Å²) in [5, 5.41) is 14.8. The van der Waals surface area contributed by atoms with Crippen molar-refractivity contribution >= 4 is 10.9 Å². The van der Waals surface area contributed by atoms with Gasteiger partial charge in [-0.2, -0.15) is 10.4 Å². The van der Waals surface area contributed by atoms with E-state index in [2.05, 4.69) is 10.00 Å². The van der Waals surface area contributed by atoms with Crippen molar-refractivity contribution in [3.05, 3.63) is 82.7 Å². The van der Waals surface area contributed by atoms with Crippen molar-refractivity contribution in [2.45, 2.75) is 19.4 Å². The molecule has 0 radical (unpaired) electrons. The quantitative estimate of drug-likeness (QED) is 0.484. The molecule has 0 bridgehead atoms. The number of fused-ring (bicyclic) bond motifs is 1. The van der Waals surface area contributed by atoms with E-state index in [4.69, 9.17) is 0 Å². The van der Waals surface area contributed by atoms with Crippen LogP contribution in [0.5, 0.6) is 0 Å². The van der Waals surface area contributed by atoms with Crippen LogP contribution in [-0.4, -0.2) is 38.9 Å². The van der Waals surface area contributed by atoms with Gasteiger partial charge >= 0.3 is 0 Å².